The van der Waals surface area contributed by atoms with Gasteiger partial charge in [-0.05, 0) is 6.92 Å². The Hall–Kier alpha value is -0.0900. The van der Waals surface area contributed by atoms with Crippen LogP contribution < -0.4 is 0 Å². The molecule has 2 atom stereocenters. The van der Waals surface area contributed by atoms with Crippen LogP contribution in [0, 0.1) is 0 Å². The fourth-order valence-corrected chi connectivity index (χ4v) is 3.92. The molecule has 1 aliphatic rings. The Morgan fingerprint density at radius 2 is 2.29 bits per heavy atom. The number of rotatable bonds is 3. The first-order valence-corrected chi connectivity index (χ1v) is 6.18. The van der Waals surface area contributed by atoms with E-state index in [0.717, 1.165) is 5.75 Å². The molecule has 0 saturated carbocycles. The number of ether oxygens (including phenoxy) is 1. The molecular formula is C10H18O2S2. The highest BCUT2D eigenvalue weighted by Crippen LogP contribution is 2.37. The summed E-state index contributed by atoms with van der Waals surface area (Å²) in [6.07, 6.45) is 0. The summed E-state index contributed by atoms with van der Waals surface area (Å²) in [7, 11) is 0. The van der Waals surface area contributed by atoms with Crippen LogP contribution in [0.15, 0.2) is 12.2 Å². The molecule has 1 fully saturated rings. The van der Waals surface area contributed by atoms with Crippen molar-refractivity contribution >= 4 is 29.5 Å². The SMILES string of the molecule is C.C=C(C)C(=O)OCC1SCC(C)S1. The first-order chi connectivity index (χ1) is 6.09. The molecule has 0 aromatic rings. The number of carbonyl (C=O) groups is 1. The predicted molar refractivity (Wildman–Crippen MR) is 65.8 cm³/mol. The van der Waals surface area contributed by atoms with Crippen molar-refractivity contribution in [3.05, 3.63) is 12.2 Å². The van der Waals surface area contributed by atoms with Crippen LogP contribution in [-0.2, 0) is 9.53 Å². The predicted octanol–water partition coefficient (Wildman–Crippen LogP) is 2.94. The zero-order valence-corrected chi connectivity index (χ0v) is 9.54. The van der Waals surface area contributed by atoms with Gasteiger partial charge in [-0.25, -0.2) is 4.79 Å². The summed E-state index contributed by atoms with van der Waals surface area (Å²) in [5.41, 5.74) is 0.473. The first-order valence-electron chi connectivity index (χ1n) is 4.19. The van der Waals surface area contributed by atoms with Gasteiger partial charge < -0.3 is 4.74 Å². The molecule has 0 amide bonds. The summed E-state index contributed by atoms with van der Waals surface area (Å²) < 4.78 is 5.47. The standard InChI is InChI=1S/C9H14O2S2.CH4/c1-6(2)9(10)11-4-8-12-5-7(3)13-8;/h7-8H,1,4-5H2,2-3H3;1H4. The molecule has 0 spiro atoms. The van der Waals surface area contributed by atoms with Gasteiger partial charge in [0.05, 0.1) is 4.58 Å². The molecule has 1 rings (SSSR count). The normalized spacial score (nSPS) is 25.3. The van der Waals surface area contributed by atoms with E-state index in [-0.39, 0.29) is 13.4 Å². The average molecular weight is 234 g/mol. The van der Waals surface area contributed by atoms with E-state index < -0.39 is 0 Å². The molecule has 1 aliphatic heterocycles. The summed E-state index contributed by atoms with van der Waals surface area (Å²) in [4.78, 5) is 11.0. The van der Waals surface area contributed by atoms with Crippen LogP contribution in [0.2, 0.25) is 0 Å². The van der Waals surface area contributed by atoms with Gasteiger partial charge in [0.15, 0.2) is 0 Å². The van der Waals surface area contributed by atoms with Crippen LogP contribution >= 0.6 is 23.5 Å². The van der Waals surface area contributed by atoms with Crippen molar-refractivity contribution in [1.82, 2.24) is 0 Å². The summed E-state index contributed by atoms with van der Waals surface area (Å²) in [6.45, 7) is 7.89. The third-order valence-corrected chi connectivity index (χ3v) is 4.82. The fourth-order valence-electron chi connectivity index (χ4n) is 0.935. The number of thioether (sulfide) groups is 2. The van der Waals surface area contributed by atoms with Crippen molar-refractivity contribution < 1.29 is 9.53 Å². The number of hydrogen-bond donors (Lipinski definition) is 0. The van der Waals surface area contributed by atoms with Gasteiger partial charge in [-0.1, -0.05) is 20.9 Å². The minimum absolute atomic E-state index is 0. The van der Waals surface area contributed by atoms with Crippen molar-refractivity contribution in [2.24, 2.45) is 0 Å². The molecule has 1 heterocycles. The summed E-state index contributed by atoms with van der Waals surface area (Å²) >= 11 is 3.74. The topological polar surface area (TPSA) is 26.3 Å². The Balaban J connectivity index is 0.00000169. The van der Waals surface area contributed by atoms with Crippen LogP contribution in [-0.4, -0.2) is 28.2 Å². The van der Waals surface area contributed by atoms with Crippen LogP contribution in [0.4, 0.5) is 0 Å². The molecule has 0 aliphatic carbocycles. The van der Waals surface area contributed by atoms with Crippen molar-refractivity contribution in [2.45, 2.75) is 31.1 Å². The van der Waals surface area contributed by atoms with E-state index in [1.54, 1.807) is 6.92 Å². The minimum Gasteiger partial charge on any atom is -0.460 e. The highest BCUT2D eigenvalue weighted by Gasteiger charge is 2.23. The Morgan fingerprint density at radius 3 is 2.71 bits per heavy atom. The second-order valence-electron chi connectivity index (χ2n) is 3.09. The minimum atomic E-state index is -0.277. The van der Waals surface area contributed by atoms with Gasteiger partial charge >= 0.3 is 5.97 Å². The molecule has 2 nitrogen and oxygen atoms in total. The number of hydrogen-bond acceptors (Lipinski definition) is 4. The second kappa shape index (κ2) is 6.40. The van der Waals surface area contributed by atoms with Crippen molar-refractivity contribution in [1.29, 1.82) is 0 Å². The van der Waals surface area contributed by atoms with Crippen LogP contribution in [0.5, 0.6) is 0 Å². The van der Waals surface area contributed by atoms with E-state index in [1.807, 2.05) is 23.5 Å². The maximum absolute atomic E-state index is 11.0. The zero-order valence-electron chi connectivity index (χ0n) is 7.91. The van der Waals surface area contributed by atoms with Gasteiger partial charge in [0.25, 0.3) is 0 Å². The Bertz CT molecular complexity index is 216. The lowest BCUT2D eigenvalue weighted by atomic mass is 10.4. The lowest BCUT2D eigenvalue weighted by molar-refractivity contribution is -0.138. The summed E-state index contributed by atoms with van der Waals surface area (Å²) in [6, 6.07) is 0. The van der Waals surface area contributed by atoms with Gasteiger partial charge in [0.2, 0.25) is 0 Å². The molecule has 1 saturated heterocycles. The van der Waals surface area contributed by atoms with Gasteiger partial charge in [0, 0.05) is 16.6 Å². The molecule has 4 heteroatoms. The first kappa shape index (κ1) is 13.9. The van der Waals surface area contributed by atoms with Crippen molar-refractivity contribution in [2.75, 3.05) is 12.4 Å². The molecule has 0 N–H and O–H groups in total. The largest absolute Gasteiger partial charge is 0.460 e. The van der Waals surface area contributed by atoms with E-state index in [1.165, 1.54) is 0 Å². The molecule has 14 heavy (non-hydrogen) atoms. The Morgan fingerprint density at radius 1 is 1.64 bits per heavy atom. The van der Waals surface area contributed by atoms with Gasteiger partial charge in [-0.3, -0.25) is 0 Å². The lowest BCUT2D eigenvalue weighted by Crippen LogP contribution is -2.12. The van der Waals surface area contributed by atoms with Crippen molar-refractivity contribution in [3.8, 4) is 0 Å². The smallest absolute Gasteiger partial charge is 0.333 e. The number of carbonyl (C=O) groups excluding carboxylic acids is 1. The molecule has 0 aromatic carbocycles. The lowest BCUT2D eigenvalue weighted by Gasteiger charge is -2.09. The maximum Gasteiger partial charge on any atom is 0.333 e. The molecule has 0 bridgehead atoms. The molecule has 82 valence electrons. The van der Waals surface area contributed by atoms with Crippen LogP contribution in [0.25, 0.3) is 0 Å². The zero-order chi connectivity index (χ0) is 9.84. The van der Waals surface area contributed by atoms with Crippen LogP contribution in [0.3, 0.4) is 0 Å². The molecule has 0 aromatic heterocycles. The Kier molecular flexibility index (Phi) is 6.36. The van der Waals surface area contributed by atoms with Crippen LogP contribution in [0.1, 0.15) is 21.3 Å². The molecule has 2 unspecified atom stereocenters. The molecule has 0 radical (unpaired) electrons. The summed E-state index contributed by atoms with van der Waals surface area (Å²) in [5.74, 6) is 0.876. The third-order valence-electron chi connectivity index (χ3n) is 1.60. The van der Waals surface area contributed by atoms with E-state index in [0.29, 0.717) is 22.0 Å². The number of esters is 1. The van der Waals surface area contributed by atoms with Gasteiger partial charge in [-0.2, -0.15) is 0 Å². The van der Waals surface area contributed by atoms with E-state index >= 15 is 0 Å². The summed E-state index contributed by atoms with van der Waals surface area (Å²) in [5, 5.41) is 0.679. The Labute approximate surface area is 94.9 Å². The average Bonchev–Trinajstić information content (AvgIpc) is 2.47. The highest BCUT2D eigenvalue weighted by atomic mass is 32.2. The van der Waals surface area contributed by atoms with Crippen molar-refractivity contribution in [3.63, 3.8) is 0 Å². The maximum atomic E-state index is 11.0. The van der Waals surface area contributed by atoms with E-state index in [2.05, 4.69) is 13.5 Å². The molecular weight excluding hydrogens is 216 g/mol. The van der Waals surface area contributed by atoms with Gasteiger partial charge in [-0.15, -0.1) is 23.5 Å². The van der Waals surface area contributed by atoms with Gasteiger partial charge in [0.1, 0.15) is 6.61 Å². The van der Waals surface area contributed by atoms with E-state index in [9.17, 15) is 4.79 Å². The highest BCUT2D eigenvalue weighted by molar-refractivity contribution is 8.20. The third kappa shape index (κ3) is 4.42. The van der Waals surface area contributed by atoms with E-state index in [4.69, 9.17) is 4.74 Å². The monoisotopic (exact) mass is 234 g/mol. The second-order valence-corrected chi connectivity index (χ2v) is 6.27. The quantitative estimate of drug-likeness (QED) is 0.554. The fraction of sp³-hybridized carbons (Fsp3) is 0.700.